The smallest absolute Gasteiger partial charge is 0.306 e. The van der Waals surface area contributed by atoms with Gasteiger partial charge < -0.3 is 14.2 Å². The van der Waals surface area contributed by atoms with Gasteiger partial charge in [0.15, 0.2) is 6.10 Å². The third kappa shape index (κ3) is 60.9. The molecule has 76 heavy (non-hydrogen) atoms. The van der Waals surface area contributed by atoms with Crippen molar-refractivity contribution < 1.29 is 28.6 Å². The van der Waals surface area contributed by atoms with Gasteiger partial charge in [-0.05, 0) is 109 Å². The second-order valence-corrected chi connectivity index (χ2v) is 20.9. The minimum absolute atomic E-state index is 0.0799. The maximum atomic E-state index is 12.8. The monoisotopic (exact) mass is 1050 g/mol. The standard InChI is InChI=1S/C70H118O6/c1-4-7-10-13-16-19-21-23-25-26-27-28-29-30-31-32-33-34-35-36-37-38-39-40-41-42-43-44-46-47-49-51-54-57-60-63-69(72)75-66-67(65-74-68(71)62-59-56-53-18-15-12-9-6-3)76-70(73)64-61-58-55-52-50-48-45-24-22-20-17-14-11-8-5-2/h7,10,16,19,23-25,27-28,30-31,33-34,36-37,39-40,45,67H,4-6,8-9,11-15,17-18,20-22,26,29,32,35,38,41-44,46-66H2,1-3H3/b10-7-,19-16-,25-23-,28-27-,31-30-,34-33-,37-36-,40-39-,45-24-. The summed E-state index contributed by atoms with van der Waals surface area (Å²) in [6.07, 6.45) is 86.9. The normalized spacial score (nSPS) is 12.8. The van der Waals surface area contributed by atoms with E-state index in [1.54, 1.807) is 0 Å². The molecule has 0 saturated carbocycles. The number of hydrogen-bond donors (Lipinski definition) is 0. The van der Waals surface area contributed by atoms with Crippen LogP contribution in [0.3, 0.4) is 0 Å². The summed E-state index contributed by atoms with van der Waals surface area (Å²) in [5.41, 5.74) is 0. The van der Waals surface area contributed by atoms with Gasteiger partial charge in [-0.1, -0.05) is 278 Å². The number of allylic oxidation sites excluding steroid dienone is 18. The van der Waals surface area contributed by atoms with Crippen LogP contribution in [0.2, 0.25) is 0 Å². The molecule has 0 aliphatic carbocycles. The quantitative estimate of drug-likeness (QED) is 0.0261. The van der Waals surface area contributed by atoms with Crippen LogP contribution in [-0.4, -0.2) is 37.2 Å². The van der Waals surface area contributed by atoms with Gasteiger partial charge in [0.2, 0.25) is 0 Å². The number of ether oxygens (including phenoxy) is 3. The topological polar surface area (TPSA) is 78.9 Å². The van der Waals surface area contributed by atoms with Gasteiger partial charge in [0.25, 0.3) is 0 Å². The van der Waals surface area contributed by atoms with E-state index in [0.29, 0.717) is 19.3 Å². The van der Waals surface area contributed by atoms with Crippen LogP contribution in [0.4, 0.5) is 0 Å². The molecular formula is C70H118O6. The van der Waals surface area contributed by atoms with Gasteiger partial charge in [-0.25, -0.2) is 0 Å². The lowest BCUT2D eigenvalue weighted by atomic mass is 10.1. The van der Waals surface area contributed by atoms with Crippen molar-refractivity contribution >= 4 is 17.9 Å². The van der Waals surface area contributed by atoms with Crippen molar-refractivity contribution in [2.75, 3.05) is 13.2 Å². The van der Waals surface area contributed by atoms with E-state index in [1.165, 1.54) is 135 Å². The minimum Gasteiger partial charge on any atom is -0.462 e. The predicted octanol–water partition coefficient (Wildman–Crippen LogP) is 21.8. The van der Waals surface area contributed by atoms with Gasteiger partial charge in [0.1, 0.15) is 13.2 Å². The molecule has 0 saturated heterocycles. The van der Waals surface area contributed by atoms with Crippen LogP contribution in [0, 0.1) is 0 Å². The van der Waals surface area contributed by atoms with E-state index >= 15 is 0 Å². The van der Waals surface area contributed by atoms with E-state index in [0.717, 1.165) is 122 Å². The molecule has 1 atom stereocenters. The number of rotatable bonds is 57. The second kappa shape index (κ2) is 63.6. The molecule has 0 aromatic rings. The lowest BCUT2D eigenvalue weighted by molar-refractivity contribution is -0.167. The Bertz CT molecular complexity index is 1540. The van der Waals surface area contributed by atoms with Gasteiger partial charge in [-0.3, -0.25) is 14.4 Å². The molecule has 6 nitrogen and oxygen atoms in total. The highest BCUT2D eigenvalue weighted by Crippen LogP contribution is 2.15. The summed E-state index contributed by atoms with van der Waals surface area (Å²) in [5, 5.41) is 0. The van der Waals surface area contributed by atoms with Crippen LogP contribution >= 0.6 is 0 Å². The lowest BCUT2D eigenvalue weighted by Crippen LogP contribution is -2.30. The summed E-state index contributed by atoms with van der Waals surface area (Å²) in [6, 6.07) is 0. The van der Waals surface area contributed by atoms with E-state index in [9.17, 15) is 14.4 Å². The first kappa shape index (κ1) is 72.1. The molecular weight excluding hydrogens is 937 g/mol. The maximum Gasteiger partial charge on any atom is 0.306 e. The first-order valence-electron chi connectivity index (χ1n) is 31.9. The molecule has 0 amide bonds. The Morgan fingerprint density at radius 3 is 0.816 bits per heavy atom. The van der Waals surface area contributed by atoms with Crippen molar-refractivity contribution in [1.82, 2.24) is 0 Å². The molecule has 0 radical (unpaired) electrons. The molecule has 0 aliphatic rings. The number of unbranched alkanes of at least 4 members (excludes halogenated alkanes) is 28. The van der Waals surface area contributed by atoms with Crippen molar-refractivity contribution in [3.8, 4) is 0 Å². The van der Waals surface area contributed by atoms with Crippen molar-refractivity contribution in [2.24, 2.45) is 0 Å². The van der Waals surface area contributed by atoms with Crippen molar-refractivity contribution in [3.05, 3.63) is 109 Å². The van der Waals surface area contributed by atoms with Crippen LogP contribution in [0.15, 0.2) is 109 Å². The highest BCUT2D eigenvalue weighted by Gasteiger charge is 2.19. The SMILES string of the molecule is CC/C=C\C/C=C\C/C=C\C/C=C\C/C=C\C/C=C\C/C=C\C/C=C\CCCCCCCCCCCCC(=O)OCC(COC(=O)CCCCCCCCCC)OC(=O)CCCCCCC/C=C\CCCCCCCC. The van der Waals surface area contributed by atoms with Crippen LogP contribution in [0.1, 0.15) is 297 Å². The third-order valence-electron chi connectivity index (χ3n) is 13.5. The molecule has 0 fully saturated rings. The van der Waals surface area contributed by atoms with Crippen LogP contribution in [0.5, 0.6) is 0 Å². The summed E-state index contributed by atoms with van der Waals surface area (Å²) in [4.78, 5) is 38.1. The summed E-state index contributed by atoms with van der Waals surface area (Å²) < 4.78 is 16.8. The molecule has 0 rings (SSSR count). The molecule has 0 aliphatic heterocycles. The molecule has 0 spiro atoms. The number of carbonyl (C=O) groups is 3. The molecule has 0 aromatic carbocycles. The highest BCUT2D eigenvalue weighted by molar-refractivity contribution is 5.71. The largest absolute Gasteiger partial charge is 0.462 e. The first-order valence-corrected chi connectivity index (χ1v) is 31.9. The zero-order valence-corrected chi connectivity index (χ0v) is 49.7. The lowest BCUT2D eigenvalue weighted by Gasteiger charge is -2.18. The Kier molecular flexibility index (Phi) is 60.3. The number of carbonyl (C=O) groups excluding carboxylic acids is 3. The summed E-state index contributed by atoms with van der Waals surface area (Å²) >= 11 is 0. The Balaban J connectivity index is 4.11. The fourth-order valence-corrected chi connectivity index (χ4v) is 8.75. The Morgan fingerprint density at radius 1 is 0.276 bits per heavy atom. The molecule has 434 valence electrons. The molecule has 6 heteroatoms. The molecule has 0 aromatic heterocycles. The van der Waals surface area contributed by atoms with E-state index in [2.05, 4.69) is 130 Å². The van der Waals surface area contributed by atoms with E-state index in [1.807, 2.05) is 0 Å². The van der Waals surface area contributed by atoms with E-state index in [4.69, 9.17) is 14.2 Å². The van der Waals surface area contributed by atoms with E-state index < -0.39 is 6.10 Å². The molecule has 0 bridgehead atoms. The van der Waals surface area contributed by atoms with Crippen LogP contribution in [-0.2, 0) is 28.6 Å². The summed E-state index contributed by atoms with van der Waals surface area (Å²) in [5.74, 6) is -0.892. The maximum absolute atomic E-state index is 12.8. The third-order valence-corrected chi connectivity index (χ3v) is 13.5. The molecule has 0 N–H and O–H groups in total. The fraction of sp³-hybridized carbons (Fsp3) is 0.700. The Hall–Kier alpha value is -3.93. The Labute approximate surface area is 470 Å². The summed E-state index contributed by atoms with van der Waals surface area (Å²) in [6.45, 7) is 6.49. The van der Waals surface area contributed by atoms with Crippen molar-refractivity contribution in [3.63, 3.8) is 0 Å². The zero-order chi connectivity index (χ0) is 55.0. The molecule has 1 unspecified atom stereocenters. The highest BCUT2D eigenvalue weighted by atomic mass is 16.6. The minimum atomic E-state index is -0.781. The Morgan fingerprint density at radius 2 is 0.513 bits per heavy atom. The van der Waals surface area contributed by atoms with Crippen LogP contribution in [0.25, 0.3) is 0 Å². The number of esters is 3. The van der Waals surface area contributed by atoms with Crippen LogP contribution < -0.4 is 0 Å². The van der Waals surface area contributed by atoms with E-state index in [-0.39, 0.29) is 31.1 Å². The van der Waals surface area contributed by atoms with Gasteiger partial charge in [-0.2, -0.15) is 0 Å². The first-order chi connectivity index (χ1) is 37.5. The average molecular weight is 1060 g/mol. The van der Waals surface area contributed by atoms with Gasteiger partial charge in [0, 0.05) is 19.3 Å². The average Bonchev–Trinajstić information content (AvgIpc) is 3.42. The van der Waals surface area contributed by atoms with Crippen molar-refractivity contribution in [2.45, 2.75) is 303 Å². The second-order valence-electron chi connectivity index (χ2n) is 20.9. The van der Waals surface area contributed by atoms with Gasteiger partial charge in [-0.15, -0.1) is 0 Å². The number of hydrogen-bond acceptors (Lipinski definition) is 6. The summed E-state index contributed by atoms with van der Waals surface area (Å²) in [7, 11) is 0. The molecule has 0 heterocycles. The van der Waals surface area contributed by atoms with Gasteiger partial charge in [0.05, 0.1) is 0 Å². The van der Waals surface area contributed by atoms with Gasteiger partial charge >= 0.3 is 17.9 Å². The fourth-order valence-electron chi connectivity index (χ4n) is 8.75. The zero-order valence-electron chi connectivity index (χ0n) is 49.7. The van der Waals surface area contributed by atoms with Crippen molar-refractivity contribution in [1.29, 1.82) is 0 Å². The predicted molar refractivity (Wildman–Crippen MR) is 330 cm³/mol.